The van der Waals surface area contributed by atoms with Crippen LogP contribution in [0, 0.1) is 0 Å². The highest BCUT2D eigenvalue weighted by Crippen LogP contribution is 2.31. The number of hydrogen-bond donors (Lipinski definition) is 3. The number of methoxy groups -OCH3 is 1. The summed E-state index contributed by atoms with van der Waals surface area (Å²) >= 11 is 6.24. The standard InChI is InChI=1S/C21H19ClN6O3/c1-31-16-5-4-14(8-15(16)22)24-17-9-18(25-13-2-3-13)28-20(26-17)12(10-23-28)6-11-7-19(29)27-21(11)30/h4-6,8-10,13,25H,2-3,7H2,1H3,(H,24,26)(H,27,29,30)/b11-6+. The number of rotatable bonds is 6. The Balaban J connectivity index is 1.55. The molecule has 0 unspecified atom stereocenters. The Bertz CT molecular complexity index is 1250. The van der Waals surface area contributed by atoms with Crippen molar-refractivity contribution in [2.24, 2.45) is 0 Å². The number of benzene rings is 1. The third-order valence-corrected chi connectivity index (χ3v) is 5.37. The molecule has 31 heavy (non-hydrogen) atoms. The summed E-state index contributed by atoms with van der Waals surface area (Å²) in [4.78, 5) is 28.2. The maximum absolute atomic E-state index is 12.0. The van der Waals surface area contributed by atoms with Crippen molar-refractivity contribution < 1.29 is 14.3 Å². The molecule has 0 bridgehead atoms. The van der Waals surface area contributed by atoms with Gasteiger partial charge in [-0.15, -0.1) is 0 Å². The first-order chi connectivity index (χ1) is 15.0. The third-order valence-electron chi connectivity index (χ3n) is 5.08. The first kappa shape index (κ1) is 19.4. The van der Waals surface area contributed by atoms with E-state index < -0.39 is 0 Å². The lowest BCUT2D eigenvalue weighted by Gasteiger charge is -2.12. The van der Waals surface area contributed by atoms with E-state index in [4.69, 9.17) is 21.3 Å². The van der Waals surface area contributed by atoms with Crippen molar-refractivity contribution >= 4 is 52.5 Å². The molecule has 2 aromatic heterocycles. The summed E-state index contributed by atoms with van der Waals surface area (Å²) in [5.74, 6) is 1.26. The van der Waals surface area contributed by atoms with Gasteiger partial charge in [0.25, 0.3) is 5.91 Å². The van der Waals surface area contributed by atoms with Crippen molar-refractivity contribution in [3.8, 4) is 5.75 Å². The van der Waals surface area contributed by atoms with Gasteiger partial charge in [0.05, 0.1) is 24.8 Å². The molecule has 2 aliphatic rings. The van der Waals surface area contributed by atoms with E-state index in [1.54, 1.807) is 36.0 Å². The predicted molar refractivity (Wildman–Crippen MR) is 117 cm³/mol. The summed E-state index contributed by atoms with van der Waals surface area (Å²) in [5, 5.41) is 13.9. The van der Waals surface area contributed by atoms with Gasteiger partial charge in [0.15, 0.2) is 5.65 Å². The number of anilines is 3. The van der Waals surface area contributed by atoms with Crippen LogP contribution >= 0.6 is 11.6 Å². The summed E-state index contributed by atoms with van der Waals surface area (Å²) < 4.78 is 6.90. The molecule has 1 aliphatic carbocycles. The number of ether oxygens (including phenoxy) is 1. The number of fused-ring (bicyclic) bond motifs is 1. The van der Waals surface area contributed by atoms with Crippen LogP contribution in [0.25, 0.3) is 11.7 Å². The number of aromatic nitrogens is 3. The molecule has 3 aromatic rings. The minimum Gasteiger partial charge on any atom is -0.495 e. The normalized spacial score (nSPS) is 17.3. The number of carbonyl (C=O) groups is 2. The van der Waals surface area contributed by atoms with Gasteiger partial charge in [0.1, 0.15) is 17.4 Å². The highest BCUT2D eigenvalue weighted by atomic mass is 35.5. The van der Waals surface area contributed by atoms with Crippen molar-refractivity contribution in [2.45, 2.75) is 25.3 Å². The van der Waals surface area contributed by atoms with Gasteiger partial charge < -0.3 is 15.4 Å². The lowest BCUT2D eigenvalue weighted by atomic mass is 10.1. The second kappa shape index (κ2) is 7.59. The second-order valence-corrected chi connectivity index (χ2v) is 7.89. The van der Waals surface area contributed by atoms with E-state index in [1.807, 2.05) is 12.1 Å². The maximum atomic E-state index is 12.0. The molecule has 5 rings (SSSR count). The molecule has 0 spiro atoms. The van der Waals surface area contributed by atoms with Gasteiger partial charge in [0.2, 0.25) is 5.91 Å². The predicted octanol–water partition coefficient (Wildman–Crippen LogP) is 3.14. The van der Waals surface area contributed by atoms with Crippen LogP contribution in [-0.2, 0) is 9.59 Å². The van der Waals surface area contributed by atoms with Crippen LogP contribution in [0.5, 0.6) is 5.75 Å². The lowest BCUT2D eigenvalue weighted by molar-refractivity contribution is -0.124. The number of imide groups is 1. The molecule has 9 nitrogen and oxygen atoms in total. The maximum Gasteiger partial charge on any atom is 0.254 e. The largest absolute Gasteiger partial charge is 0.495 e. The number of nitrogens with one attached hydrogen (secondary N) is 3. The number of carbonyl (C=O) groups excluding carboxylic acids is 2. The van der Waals surface area contributed by atoms with Crippen LogP contribution in [0.15, 0.2) is 36.0 Å². The molecule has 3 heterocycles. The van der Waals surface area contributed by atoms with E-state index >= 15 is 0 Å². The minimum atomic E-state index is -0.386. The third kappa shape index (κ3) is 3.91. The van der Waals surface area contributed by atoms with E-state index in [0.29, 0.717) is 39.4 Å². The van der Waals surface area contributed by atoms with Gasteiger partial charge in [-0.2, -0.15) is 9.61 Å². The average molecular weight is 439 g/mol. The van der Waals surface area contributed by atoms with Crippen LogP contribution in [0.1, 0.15) is 24.8 Å². The molecule has 158 valence electrons. The number of halogens is 1. The molecule has 1 aromatic carbocycles. The molecule has 3 N–H and O–H groups in total. The van der Waals surface area contributed by atoms with Gasteiger partial charge in [-0.3, -0.25) is 14.9 Å². The van der Waals surface area contributed by atoms with Gasteiger partial charge in [-0.1, -0.05) is 11.6 Å². The summed E-state index contributed by atoms with van der Waals surface area (Å²) in [6.45, 7) is 0. The Labute approximate surface area is 182 Å². The molecule has 1 saturated carbocycles. The van der Waals surface area contributed by atoms with Gasteiger partial charge >= 0.3 is 0 Å². The lowest BCUT2D eigenvalue weighted by Crippen LogP contribution is -2.19. The van der Waals surface area contributed by atoms with Gasteiger partial charge in [-0.05, 0) is 37.1 Å². The summed E-state index contributed by atoms with van der Waals surface area (Å²) in [7, 11) is 1.56. The zero-order valence-corrected chi connectivity index (χ0v) is 17.4. The van der Waals surface area contributed by atoms with Crippen molar-refractivity contribution in [3.63, 3.8) is 0 Å². The summed E-state index contributed by atoms with van der Waals surface area (Å²) in [6.07, 6.45) is 5.54. The minimum absolute atomic E-state index is 0.0473. The van der Waals surface area contributed by atoms with E-state index in [-0.39, 0.29) is 18.2 Å². The highest BCUT2D eigenvalue weighted by molar-refractivity contribution is 6.32. The van der Waals surface area contributed by atoms with E-state index in [0.717, 1.165) is 24.3 Å². The highest BCUT2D eigenvalue weighted by Gasteiger charge is 2.25. The molecule has 2 fully saturated rings. The van der Waals surface area contributed by atoms with Crippen LogP contribution in [-0.4, -0.2) is 39.6 Å². The summed E-state index contributed by atoms with van der Waals surface area (Å²) in [5.41, 5.74) is 2.35. The molecular formula is C21H19ClN6O3. The van der Waals surface area contributed by atoms with Crippen molar-refractivity contribution in [1.82, 2.24) is 19.9 Å². The molecule has 2 amide bonds. The fraction of sp³-hybridized carbons (Fsp3) is 0.238. The molecule has 1 saturated heterocycles. The second-order valence-electron chi connectivity index (χ2n) is 7.48. The van der Waals surface area contributed by atoms with E-state index in [9.17, 15) is 9.59 Å². The molecule has 0 atom stereocenters. The number of amides is 2. The van der Waals surface area contributed by atoms with Crippen molar-refractivity contribution in [2.75, 3.05) is 17.7 Å². The van der Waals surface area contributed by atoms with E-state index in [1.165, 1.54) is 0 Å². The van der Waals surface area contributed by atoms with Crippen molar-refractivity contribution in [1.29, 1.82) is 0 Å². The van der Waals surface area contributed by atoms with Crippen LogP contribution in [0.3, 0.4) is 0 Å². The quantitative estimate of drug-likeness (QED) is 0.400. The Kier molecular flexibility index (Phi) is 4.74. The monoisotopic (exact) mass is 438 g/mol. The average Bonchev–Trinajstić information content (AvgIpc) is 3.37. The first-order valence-electron chi connectivity index (χ1n) is 9.81. The Morgan fingerprint density at radius 2 is 2.13 bits per heavy atom. The van der Waals surface area contributed by atoms with Crippen LogP contribution in [0.4, 0.5) is 17.3 Å². The Hall–Kier alpha value is -3.59. The molecule has 10 heteroatoms. The van der Waals surface area contributed by atoms with Crippen LogP contribution < -0.4 is 20.7 Å². The Morgan fingerprint density at radius 1 is 1.29 bits per heavy atom. The Morgan fingerprint density at radius 3 is 2.81 bits per heavy atom. The first-order valence-corrected chi connectivity index (χ1v) is 10.2. The number of nitrogens with zero attached hydrogens (tertiary/aromatic N) is 3. The molecular weight excluding hydrogens is 420 g/mol. The zero-order chi connectivity index (χ0) is 21.5. The smallest absolute Gasteiger partial charge is 0.254 e. The fourth-order valence-electron chi connectivity index (χ4n) is 3.39. The van der Waals surface area contributed by atoms with Crippen LogP contribution in [0.2, 0.25) is 5.02 Å². The van der Waals surface area contributed by atoms with Crippen molar-refractivity contribution in [3.05, 3.63) is 46.6 Å². The summed E-state index contributed by atoms with van der Waals surface area (Å²) in [6, 6.07) is 7.65. The van der Waals surface area contributed by atoms with E-state index in [2.05, 4.69) is 21.0 Å². The molecule has 0 radical (unpaired) electrons. The number of hydrogen-bond acceptors (Lipinski definition) is 7. The fourth-order valence-corrected chi connectivity index (χ4v) is 3.64. The molecule has 1 aliphatic heterocycles. The topological polar surface area (TPSA) is 110 Å². The van der Waals surface area contributed by atoms with Gasteiger partial charge in [-0.25, -0.2) is 4.98 Å². The van der Waals surface area contributed by atoms with Gasteiger partial charge in [0, 0.05) is 28.9 Å². The SMILES string of the molecule is COc1ccc(Nc2cc(NC3CC3)n3ncc(/C=C4\CC(=O)NC4=O)c3n2)cc1Cl. The zero-order valence-electron chi connectivity index (χ0n) is 16.6.